The first-order valence-electron chi connectivity index (χ1n) is 7.71. The molecule has 2 heterocycles. The normalized spacial score (nSPS) is 17.5. The van der Waals surface area contributed by atoms with Gasteiger partial charge in [-0.05, 0) is 61.1 Å². The fraction of sp³-hybridized carbons (Fsp3) is 0.278. The van der Waals surface area contributed by atoms with Gasteiger partial charge in [-0.2, -0.15) is 0 Å². The van der Waals surface area contributed by atoms with Crippen molar-refractivity contribution in [1.29, 1.82) is 0 Å². The number of nitrogens with two attached hydrogens (primary N) is 1. The van der Waals surface area contributed by atoms with Gasteiger partial charge in [-0.25, -0.2) is 4.98 Å². The van der Waals surface area contributed by atoms with Crippen LogP contribution in [0.4, 0.5) is 0 Å². The predicted octanol–water partition coefficient (Wildman–Crippen LogP) is 4.00. The summed E-state index contributed by atoms with van der Waals surface area (Å²) < 4.78 is 6.13. The monoisotopic (exact) mass is 293 g/mol. The standard InChI is InChI=1S/C18H19N3O/c1-11-10-21-18-17(11)16(7-8-20-18)22-13-5-6-14-12(9-13)3-2-4-15(14)19/h5-10,15H,2-4,19H2,1H3,(H,20,21). The van der Waals surface area contributed by atoms with Gasteiger partial charge < -0.3 is 15.5 Å². The van der Waals surface area contributed by atoms with Crippen molar-refractivity contribution in [1.82, 2.24) is 9.97 Å². The number of aromatic amines is 1. The molecule has 0 aliphatic heterocycles. The molecule has 0 radical (unpaired) electrons. The molecule has 1 aliphatic carbocycles. The van der Waals surface area contributed by atoms with Crippen LogP contribution in [0.15, 0.2) is 36.7 Å². The fourth-order valence-electron chi connectivity index (χ4n) is 3.29. The van der Waals surface area contributed by atoms with Crippen molar-refractivity contribution in [3.05, 3.63) is 53.3 Å². The van der Waals surface area contributed by atoms with Crippen molar-refractivity contribution in [2.75, 3.05) is 0 Å². The zero-order valence-electron chi connectivity index (χ0n) is 12.6. The highest BCUT2D eigenvalue weighted by atomic mass is 16.5. The molecule has 4 rings (SSSR count). The third-order valence-corrected chi connectivity index (χ3v) is 4.44. The number of H-pyrrole nitrogens is 1. The molecular weight excluding hydrogens is 274 g/mol. The molecule has 0 fully saturated rings. The fourth-order valence-corrected chi connectivity index (χ4v) is 3.29. The lowest BCUT2D eigenvalue weighted by atomic mass is 9.88. The Morgan fingerprint density at radius 1 is 1.32 bits per heavy atom. The number of aromatic nitrogens is 2. The van der Waals surface area contributed by atoms with Crippen LogP contribution >= 0.6 is 0 Å². The van der Waals surface area contributed by atoms with Crippen molar-refractivity contribution in [3.63, 3.8) is 0 Å². The average Bonchev–Trinajstić information content (AvgIpc) is 2.90. The van der Waals surface area contributed by atoms with Gasteiger partial charge in [0.25, 0.3) is 0 Å². The second-order valence-corrected chi connectivity index (χ2v) is 5.97. The Labute approximate surface area is 129 Å². The highest BCUT2D eigenvalue weighted by Crippen LogP contribution is 2.34. The van der Waals surface area contributed by atoms with E-state index >= 15 is 0 Å². The maximum Gasteiger partial charge on any atom is 0.141 e. The number of pyridine rings is 1. The van der Waals surface area contributed by atoms with Crippen molar-refractivity contribution < 1.29 is 4.74 Å². The number of ether oxygens (including phenoxy) is 1. The van der Waals surface area contributed by atoms with Gasteiger partial charge in [0.05, 0.1) is 5.39 Å². The summed E-state index contributed by atoms with van der Waals surface area (Å²) in [5, 5.41) is 1.04. The number of rotatable bonds is 2. The van der Waals surface area contributed by atoms with E-state index in [9.17, 15) is 0 Å². The molecule has 1 unspecified atom stereocenters. The molecule has 0 amide bonds. The minimum atomic E-state index is 0.164. The Bertz CT molecular complexity index is 837. The SMILES string of the molecule is Cc1c[nH]c2nccc(Oc3ccc4c(c3)CCCC4N)c12. The van der Waals surface area contributed by atoms with Gasteiger partial charge in [-0.1, -0.05) is 6.07 Å². The summed E-state index contributed by atoms with van der Waals surface area (Å²) in [5.41, 5.74) is 10.7. The van der Waals surface area contributed by atoms with Crippen LogP contribution in [0.5, 0.6) is 11.5 Å². The van der Waals surface area contributed by atoms with E-state index in [1.807, 2.05) is 18.3 Å². The maximum absolute atomic E-state index is 6.18. The quantitative estimate of drug-likeness (QED) is 0.750. The molecule has 1 aromatic carbocycles. The number of aryl methyl sites for hydroxylation is 2. The van der Waals surface area contributed by atoms with Crippen molar-refractivity contribution >= 4 is 11.0 Å². The average molecular weight is 293 g/mol. The number of nitrogens with one attached hydrogen (secondary N) is 1. The van der Waals surface area contributed by atoms with Gasteiger partial charge in [-0.3, -0.25) is 0 Å². The molecule has 3 aromatic rings. The van der Waals surface area contributed by atoms with Gasteiger partial charge in [0.1, 0.15) is 17.1 Å². The molecule has 4 nitrogen and oxygen atoms in total. The van der Waals surface area contributed by atoms with E-state index in [0.717, 1.165) is 47.4 Å². The zero-order valence-corrected chi connectivity index (χ0v) is 12.6. The molecule has 0 saturated carbocycles. The molecule has 0 saturated heterocycles. The maximum atomic E-state index is 6.18. The second kappa shape index (κ2) is 5.14. The van der Waals surface area contributed by atoms with Gasteiger partial charge in [0.2, 0.25) is 0 Å². The molecule has 1 atom stereocenters. The van der Waals surface area contributed by atoms with Gasteiger partial charge in [-0.15, -0.1) is 0 Å². The highest BCUT2D eigenvalue weighted by molar-refractivity contribution is 5.86. The summed E-state index contributed by atoms with van der Waals surface area (Å²) >= 11 is 0. The molecule has 4 heteroatoms. The van der Waals surface area contributed by atoms with E-state index in [1.54, 1.807) is 6.20 Å². The summed E-state index contributed by atoms with van der Waals surface area (Å²) in [5.74, 6) is 1.70. The number of benzene rings is 1. The van der Waals surface area contributed by atoms with Gasteiger partial charge in [0, 0.05) is 18.4 Å². The largest absolute Gasteiger partial charge is 0.457 e. The lowest BCUT2D eigenvalue weighted by Crippen LogP contribution is -2.17. The minimum Gasteiger partial charge on any atom is -0.457 e. The minimum absolute atomic E-state index is 0.164. The van der Waals surface area contributed by atoms with E-state index in [0.29, 0.717) is 0 Å². The smallest absolute Gasteiger partial charge is 0.141 e. The Hall–Kier alpha value is -2.33. The molecule has 22 heavy (non-hydrogen) atoms. The van der Waals surface area contributed by atoms with Crippen molar-refractivity contribution in [3.8, 4) is 11.5 Å². The highest BCUT2D eigenvalue weighted by Gasteiger charge is 2.17. The Kier molecular flexibility index (Phi) is 3.12. The molecular formula is C18H19N3O. The summed E-state index contributed by atoms with van der Waals surface area (Å²) in [4.78, 5) is 7.49. The van der Waals surface area contributed by atoms with Crippen LogP contribution < -0.4 is 10.5 Å². The molecule has 0 bridgehead atoms. The van der Waals surface area contributed by atoms with Crippen LogP contribution in [0, 0.1) is 6.92 Å². The zero-order chi connectivity index (χ0) is 15.1. The van der Waals surface area contributed by atoms with E-state index in [-0.39, 0.29) is 6.04 Å². The second-order valence-electron chi connectivity index (χ2n) is 5.97. The van der Waals surface area contributed by atoms with Crippen LogP contribution in [-0.2, 0) is 6.42 Å². The van der Waals surface area contributed by atoms with Crippen LogP contribution in [0.2, 0.25) is 0 Å². The molecule has 2 aromatic heterocycles. The molecule has 3 N–H and O–H groups in total. The first-order valence-corrected chi connectivity index (χ1v) is 7.71. The number of hydrogen-bond donors (Lipinski definition) is 2. The van der Waals surface area contributed by atoms with E-state index < -0.39 is 0 Å². The first-order chi connectivity index (χ1) is 10.7. The lowest BCUT2D eigenvalue weighted by Gasteiger charge is -2.22. The molecule has 112 valence electrons. The van der Waals surface area contributed by atoms with Crippen LogP contribution in [0.1, 0.15) is 35.6 Å². The Morgan fingerprint density at radius 2 is 2.23 bits per heavy atom. The van der Waals surface area contributed by atoms with Gasteiger partial charge >= 0.3 is 0 Å². The Balaban J connectivity index is 1.72. The first kappa shape index (κ1) is 13.3. The lowest BCUT2D eigenvalue weighted by molar-refractivity contribution is 0.483. The molecule has 1 aliphatic rings. The predicted molar refractivity (Wildman–Crippen MR) is 87.2 cm³/mol. The van der Waals surface area contributed by atoms with E-state index in [2.05, 4.69) is 29.0 Å². The van der Waals surface area contributed by atoms with Crippen LogP contribution in [-0.4, -0.2) is 9.97 Å². The number of hydrogen-bond acceptors (Lipinski definition) is 3. The third-order valence-electron chi connectivity index (χ3n) is 4.44. The summed E-state index contributed by atoms with van der Waals surface area (Å²) in [6.07, 6.45) is 7.02. The number of nitrogens with zero attached hydrogens (tertiary/aromatic N) is 1. The third kappa shape index (κ3) is 2.16. The van der Waals surface area contributed by atoms with Gasteiger partial charge in [0.15, 0.2) is 0 Å². The Morgan fingerprint density at radius 3 is 3.14 bits per heavy atom. The summed E-state index contributed by atoms with van der Waals surface area (Å²) in [7, 11) is 0. The van der Waals surface area contributed by atoms with Crippen LogP contribution in [0.25, 0.3) is 11.0 Å². The van der Waals surface area contributed by atoms with E-state index in [4.69, 9.17) is 10.5 Å². The summed E-state index contributed by atoms with van der Waals surface area (Å²) in [6, 6.07) is 8.32. The van der Waals surface area contributed by atoms with E-state index in [1.165, 1.54) is 11.1 Å². The number of fused-ring (bicyclic) bond motifs is 2. The summed E-state index contributed by atoms with van der Waals surface area (Å²) in [6.45, 7) is 2.05. The topological polar surface area (TPSA) is 63.9 Å². The molecule has 0 spiro atoms. The van der Waals surface area contributed by atoms with Crippen LogP contribution in [0.3, 0.4) is 0 Å². The van der Waals surface area contributed by atoms with Crippen molar-refractivity contribution in [2.45, 2.75) is 32.2 Å². The van der Waals surface area contributed by atoms with Crippen molar-refractivity contribution in [2.24, 2.45) is 5.73 Å².